The number of carbonyl (C=O) groups excluding carboxylic acids is 1. The largest absolute Gasteiger partial charge is 0.351 e. The molecule has 1 aromatic rings. The van der Waals surface area contributed by atoms with Crippen molar-refractivity contribution in [3.63, 3.8) is 0 Å². The van der Waals surface area contributed by atoms with Crippen molar-refractivity contribution in [1.29, 1.82) is 0 Å². The number of aromatic nitrogens is 1. The van der Waals surface area contributed by atoms with Crippen molar-refractivity contribution >= 4 is 5.91 Å². The first kappa shape index (κ1) is 12.4. The molecule has 0 saturated heterocycles. The smallest absolute Gasteiger partial charge is 0.267 e. The number of rotatable bonds is 5. The Hall–Kier alpha value is -1.62. The Morgan fingerprint density at radius 2 is 2.19 bits per heavy atom. The van der Waals surface area contributed by atoms with Gasteiger partial charge in [0.25, 0.3) is 5.91 Å². The fourth-order valence-corrected chi connectivity index (χ4v) is 1.27. The molecule has 0 bridgehead atoms. The maximum absolute atomic E-state index is 11.5. The predicted octanol–water partition coefficient (Wildman–Crippen LogP) is 0.0564. The summed E-state index contributed by atoms with van der Waals surface area (Å²) in [4.78, 5) is 27.0. The maximum atomic E-state index is 11.5. The van der Waals surface area contributed by atoms with Gasteiger partial charge in [-0.15, -0.1) is 0 Å². The number of nitrogens with zero attached hydrogens (tertiary/aromatic N) is 1. The Morgan fingerprint density at radius 3 is 2.81 bits per heavy atom. The lowest BCUT2D eigenvalue weighted by atomic mass is 10.3. The third-order valence-corrected chi connectivity index (χ3v) is 2.08. The molecule has 2 N–H and O–H groups in total. The van der Waals surface area contributed by atoms with E-state index in [4.69, 9.17) is 0 Å². The summed E-state index contributed by atoms with van der Waals surface area (Å²) in [5, 5.41) is 2.75. The lowest BCUT2D eigenvalue weighted by Gasteiger charge is -2.09. The van der Waals surface area contributed by atoms with Crippen LogP contribution in [-0.2, 0) is 0 Å². The van der Waals surface area contributed by atoms with Gasteiger partial charge in [-0.3, -0.25) is 9.59 Å². The van der Waals surface area contributed by atoms with Gasteiger partial charge >= 0.3 is 0 Å². The highest BCUT2D eigenvalue weighted by atomic mass is 16.2. The van der Waals surface area contributed by atoms with Gasteiger partial charge in [0.2, 0.25) is 5.56 Å². The topological polar surface area (TPSA) is 65.2 Å². The average molecular weight is 223 g/mol. The van der Waals surface area contributed by atoms with Gasteiger partial charge in [-0.2, -0.15) is 0 Å². The second-order valence-corrected chi connectivity index (χ2v) is 3.84. The molecule has 0 aliphatic rings. The molecule has 88 valence electrons. The number of nitrogens with one attached hydrogen (secondary N) is 2. The minimum atomic E-state index is -0.263. The first-order valence-electron chi connectivity index (χ1n) is 5.22. The average Bonchev–Trinajstić information content (AvgIpc) is 2.24. The van der Waals surface area contributed by atoms with Crippen LogP contribution in [0.2, 0.25) is 0 Å². The molecule has 0 spiro atoms. The van der Waals surface area contributed by atoms with E-state index in [1.807, 2.05) is 14.1 Å². The second-order valence-electron chi connectivity index (χ2n) is 3.84. The van der Waals surface area contributed by atoms with E-state index < -0.39 is 0 Å². The highest BCUT2D eigenvalue weighted by Crippen LogP contribution is 1.90. The third kappa shape index (κ3) is 4.27. The molecule has 1 aromatic heterocycles. The third-order valence-electron chi connectivity index (χ3n) is 2.08. The zero-order valence-corrected chi connectivity index (χ0v) is 9.62. The molecule has 5 nitrogen and oxygen atoms in total. The van der Waals surface area contributed by atoms with Crippen LogP contribution < -0.4 is 10.9 Å². The maximum Gasteiger partial charge on any atom is 0.267 e. The number of carbonyl (C=O) groups is 1. The van der Waals surface area contributed by atoms with Crippen LogP contribution in [0, 0.1) is 0 Å². The minimum absolute atomic E-state index is 0.239. The van der Waals surface area contributed by atoms with Gasteiger partial charge < -0.3 is 15.2 Å². The van der Waals surface area contributed by atoms with Gasteiger partial charge in [-0.25, -0.2) is 0 Å². The standard InChI is InChI=1S/C11H17N3O2/c1-14(2)8-4-7-12-11(16)9-5-3-6-10(15)13-9/h3,5-6H,4,7-8H2,1-2H3,(H,12,16)(H,13,15). The van der Waals surface area contributed by atoms with Crippen LogP contribution in [0.15, 0.2) is 23.0 Å². The summed E-state index contributed by atoms with van der Waals surface area (Å²) < 4.78 is 0. The van der Waals surface area contributed by atoms with Gasteiger partial charge in [-0.05, 0) is 33.1 Å². The molecule has 1 amide bonds. The van der Waals surface area contributed by atoms with E-state index >= 15 is 0 Å². The predicted molar refractivity (Wildman–Crippen MR) is 62.6 cm³/mol. The SMILES string of the molecule is CN(C)CCCNC(=O)c1cccc(=O)[nH]1. The van der Waals surface area contributed by atoms with E-state index in [-0.39, 0.29) is 11.5 Å². The summed E-state index contributed by atoms with van der Waals surface area (Å²) in [6, 6.07) is 4.53. The molecule has 0 fully saturated rings. The Balaban J connectivity index is 2.38. The van der Waals surface area contributed by atoms with Crippen LogP contribution in [0.1, 0.15) is 16.9 Å². The van der Waals surface area contributed by atoms with Crippen molar-refractivity contribution in [2.24, 2.45) is 0 Å². The molecule has 0 radical (unpaired) electrons. The number of amides is 1. The summed E-state index contributed by atoms with van der Waals surface area (Å²) in [5.41, 5.74) is 0.0401. The van der Waals surface area contributed by atoms with Gasteiger partial charge in [0, 0.05) is 12.6 Å². The van der Waals surface area contributed by atoms with E-state index in [0.717, 1.165) is 13.0 Å². The van der Waals surface area contributed by atoms with E-state index in [1.54, 1.807) is 12.1 Å². The van der Waals surface area contributed by atoms with Crippen molar-refractivity contribution in [2.75, 3.05) is 27.2 Å². The summed E-state index contributed by atoms with van der Waals surface area (Å²) >= 11 is 0. The van der Waals surface area contributed by atoms with Gasteiger partial charge in [0.15, 0.2) is 0 Å². The lowest BCUT2D eigenvalue weighted by molar-refractivity contribution is 0.0947. The summed E-state index contributed by atoms with van der Waals surface area (Å²) in [6.45, 7) is 1.53. The number of H-pyrrole nitrogens is 1. The molecule has 0 aliphatic carbocycles. The molecule has 0 aromatic carbocycles. The number of hydrogen-bond acceptors (Lipinski definition) is 3. The summed E-state index contributed by atoms with van der Waals surface area (Å²) in [6.07, 6.45) is 0.885. The van der Waals surface area contributed by atoms with Gasteiger partial charge in [-0.1, -0.05) is 6.07 Å². The molecule has 1 heterocycles. The van der Waals surface area contributed by atoms with Crippen LogP contribution >= 0.6 is 0 Å². The molecular formula is C11H17N3O2. The highest BCUT2D eigenvalue weighted by Gasteiger charge is 2.04. The van der Waals surface area contributed by atoms with Gasteiger partial charge in [0.05, 0.1) is 0 Å². The quantitative estimate of drug-likeness (QED) is 0.694. The Morgan fingerprint density at radius 1 is 1.44 bits per heavy atom. The Labute approximate surface area is 94.5 Å². The molecule has 16 heavy (non-hydrogen) atoms. The van der Waals surface area contributed by atoms with Crippen LogP contribution in [0.5, 0.6) is 0 Å². The van der Waals surface area contributed by atoms with Crippen molar-refractivity contribution in [3.05, 3.63) is 34.2 Å². The number of aromatic amines is 1. The summed E-state index contributed by atoms with van der Waals surface area (Å²) in [5.74, 6) is -0.239. The van der Waals surface area contributed by atoms with Crippen molar-refractivity contribution in [2.45, 2.75) is 6.42 Å². The first-order valence-corrected chi connectivity index (χ1v) is 5.22. The normalized spacial score (nSPS) is 10.4. The monoisotopic (exact) mass is 223 g/mol. The van der Waals surface area contributed by atoms with Crippen LogP contribution in [0.25, 0.3) is 0 Å². The van der Waals surface area contributed by atoms with Crippen molar-refractivity contribution in [3.8, 4) is 0 Å². The zero-order chi connectivity index (χ0) is 12.0. The molecule has 0 saturated carbocycles. The van der Waals surface area contributed by atoms with Crippen LogP contribution in [0.4, 0.5) is 0 Å². The minimum Gasteiger partial charge on any atom is -0.351 e. The van der Waals surface area contributed by atoms with E-state index in [9.17, 15) is 9.59 Å². The lowest BCUT2D eigenvalue weighted by Crippen LogP contribution is -2.28. The van der Waals surface area contributed by atoms with Gasteiger partial charge in [0.1, 0.15) is 5.69 Å². The molecule has 0 unspecified atom stereocenters. The van der Waals surface area contributed by atoms with E-state index in [2.05, 4.69) is 15.2 Å². The first-order chi connectivity index (χ1) is 7.59. The fraction of sp³-hybridized carbons (Fsp3) is 0.455. The second kappa shape index (κ2) is 6.07. The Bertz CT molecular complexity index is 398. The fourth-order valence-electron chi connectivity index (χ4n) is 1.27. The molecular weight excluding hydrogens is 206 g/mol. The zero-order valence-electron chi connectivity index (χ0n) is 9.62. The highest BCUT2D eigenvalue weighted by molar-refractivity contribution is 5.92. The molecule has 1 rings (SSSR count). The van der Waals surface area contributed by atoms with E-state index in [1.165, 1.54) is 6.07 Å². The van der Waals surface area contributed by atoms with Crippen molar-refractivity contribution in [1.82, 2.24) is 15.2 Å². The summed E-state index contributed by atoms with van der Waals surface area (Å²) in [7, 11) is 3.97. The van der Waals surface area contributed by atoms with Crippen LogP contribution in [-0.4, -0.2) is 43.0 Å². The van der Waals surface area contributed by atoms with E-state index in [0.29, 0.717) is 12.2 Å². The molecule has 0 aliphatic heterocycles. The molecule has 5 heteroatoms. The number of pyridine rings is 1. The Kier molecular flexibility index (Phi) is 4.72. The number of hydrogen-bond donors (Lipinski definition) is 2. The van der Waals surface area contributed by atoms with Crippen LogP contribution in [0.3, 0.4) is 0 Å². The molecule has 0 atom stereocenters. The van der Waals surface area contributed by atoms with Crippen molar-refractivity contribution < 1.29 is 4.79 Å².